The van der Waals surface area contributed by atoms with E-state index in [9.17, 15) is 4.79 Å². The van der Waals surface area contributed by atoms with Crippen molar-refractivity contribution in [3.8, 4) is 5.75 Å². The number of hydrogen-bond donors (Lipinski definition) is 1. The minimum absolute atomic E-state index is 0.0605. The third-order valence-electron chi connectivity index (χ3n) is 3.60. The van der Waals surface area contributed by atoms with Crippen molar-refractivity contribution < 1.29 is 9.53 Å². The molecule has 4 heteroatoms. The van der Waals surface area contributed by atoms with Crippen molar-refractivity contribution in [1.29, 1.82) is 0 Å². The molecule has 0 aliphatic carbocycles. The van der Waals surface area contributed by atoms with Gasteiger partial charge in [0.2, 0.25) is 0 Å². The van der Waals surface area contributed by atoms with Crippen LogP contribution in [0.4, 0.5) is 0 Å². The monoisotopic (exact) mass is 310 g/mol. The summed E-state index contributed by atoms with van der Waals surface area (Å²) in [5, 5.41) is 3.94. The summed E-state index contributed by atoms with van der Waals surface area (Å²) in [6.07, 6.45) is 1.61. The van der Waals surface area contributed by atoms with Gasteiger partial charge in [0.1, 0.15) is 5.75 Å². The van der Waals surface area contributed by atoms with Gasteiger partial charge in [-0.1, -0.05) is 35.9 Å². The lowest BCUT2D eigenvalue weighted by Crippen LogP contribution is -2.24. The number of carbonyl (C=O) groups is 1. The van der Waals surface area contributed by atoms with E-state index < -0.39 is 0 Å². The van der Waals surface area contributed by atoms with Gasteiger partial charge in [0.05, 0.1) is 6.21 Å². The van der Waals surface area contributed by atoms with E-state index in [1.807, 2.05) is 58.0 Å². The Labute approximate surface area is 137 Å². The molecule has 0 spiro atoms. The SMILES string of the molecule is Cc1ccc(/C=N/NC(=O)COc2cc(C)cc(C)c2C)cc1. The average molecular weight is 310 g/mol. The van der Waals surface area contributed by atoms with E-state index in [2.05, 4.69) is 16.6 Å². The maximum absolute atomic E-state index is 11.8. The molecule has 0 aliphatic rings. The molecule has 1 amide bonds. The smallest absolute Gasteiger partial charge is 0.277 e. The number of benzene rings is 2. The van der Waals surface area contributed by atoms with Crippen molar-refractivity contribution >= 4 is 12.1 Å². The fraction of sp³-hybridized carbons (Fsp3) is 0.263. The molecule has 1 N–H and O–H groups in total. The molecule has 4 nitrogen and oxygen atoms in total. The lowest BCUT2D eigenvalue weighted by molar-refractivity contribution is -0.123. The molecule has 120 valence electrons. The topological polar surface area (TPSA) is 50.7 Å². The first-order chi connectivity index (χ1) is 11.0. The third-order valence-corrected chi connectivity index (χ3v) is 3.60. The van der Waals surface area contributed by atoms with Crippen LogP contribution >= 0.6 is 0 Å². The number of hydrogen-bond acceptors (Lipinski definition) is 3. The molecule has 2 rings (SSSR count). The first-order valence-electron chi connectivity index (χ1n) is 7.55. The zero-order chi connectivity index (χ0) is 16.8. The predicted octanol–water partition coefficient (Wildman–Crippen LogP) is 3.45. The first kappa shape index (κ1) is 16.7. The Bertz CT molecular complexity index is 719. The van der Waals surface area contributed by atoms with Gasteiger partial charge >= 0.3 is 0 Å². The third kappa shape index (κ3) is 4.95. The van der Waals surface area contributed by atoms with Crippen LogP contribution in [0.2, 0.25) is 0 Å². The molecule has 0 saturated carbocycles. The second-order valence-electron chi connectivity index (χ2n) is 5.70. The van der Waals surface area contributed by atoms with Gasteiger partial charge in [0.25, 0.3) is 5.91 Å². The van der Waals surface area contributed by atoms with Crippen molar-refractivity contribution in [3.05, 3.63) is 64.2 Å². The quantitative estimate of drug-likeness (QED) is 0.679. The molecule has 0 radical (unpaired) electrons. The summed E-state index contributed by atoms with van der Waals surface area (Å²) < 4.78 is 5.59. The zero-order valence-electron chi connectivity index (χ0n) is 14.0. The van der Waals surface area contributed by atoms with Crippen molar-refractivity contribution in [2.75, 3.05) is 6.61 Å². The summed E-state index contributed by atoms with van der Waals surface area (Å²) in [5.74, 6) is 0.451. The Kier molecular flexibility index (Phi) is 5.52. The molecule has 0 fully saturated rings. The van der Waals surface area contributed by atoms with E-state index in [0.717, 1.165) is 28.0 Å². The molecular formula is C19H22N2O2. The summed E-state index contributed by atoms with van der Waals surface area (Å²) in [5.41, 5.74) is 7.90. The van der Waals surface area contributed by atoms with Crippen LogP contribution in [0.25, 0.3) is 0 Å². The summed E-state index contributed by atoms with van der Waals surface area (Å²) in [6.45, 7) is 7.98. The van der Waals surface area contributed by atoms with Crippen molar-refractivity contribution in [2.45, 2.75) is 27.7 Å². The Morgan fingerprint density at radius 3 is 2.48 bits per heavy atom. The Morgan fingerprint density at radius 2 is 1.78 bits per heavy atom. The van der Waals surface area contributed by atoms with Gasteiger partial charge in [-0.25, -0.2) is 5.43 Å². The van der Waals surface area contributed by atoms with Crippen LogP contribution in [0, 0.1) is 27.7 Å². The molecule has 0 unspecified atom stereocenters. The molecule has 0 aliphatic heterocycles. The average Bonchev–Trinajstić information content (AvgIpc) is 2.51. The van der Waals surface area contributed by atoms with E-state index >= 15 is 0 Å². The zero-order valence-corrected chi connectivity index (χ0v) is 14.0. The van der Waals surface area contributed by atoms with E-state index in [1.54, 1.807) is 6.21 Å². The number of rotatable bonds is 5. The van der Waals surface area contributed by atoms with Gasteiger partial charge < -0.3 is 4.74 Å². The highest BCUT2D eigenvalue weighted by Gasteiger charge is 2.06. The molecule has 0 bridgehead atoms. The lowest BCUT2D eigenvalue weighted by Gasteiger charge is -2.11. The van der Waals surface area contributed by atoms with Crippen molar-refractivity contribution in [3.63, 3.8) is 0 Å². The largest absolute Gasteiger partial charge is 0.483 e. The van der Waals surface area contributed by atoms with E-state index in [4.69, 9.17) is 4.74 Å². The molecule has 0 saturated heterocycles. The highest BCUT2D eigenvalue weighted by atomic mass is 16.5. The van der Waals surface area contributed by atoms with Crippen LogP contribution in [-0.2, 0) is 4.79 Å². The molecule has 0 heterocycles. The molecular weight excluding hydrogens is 288 g/mol. The maximum Gasteiger partial charge on any atom is 0.277 e. The fourth-order valence-electron chi connectivity index (χ4n) is 2.16. The minimum atomic E-state index is -0.285. The van der Waals surface area contributed by atoms with Crippen LogP contribution in [0.5, 0.6) is 5.75 Å². The number of aryl methyl sites for hydroxylation is 3. The summed E-state index contributed by atoms with van der Waals surface area (Å²) in [6, 6.07) is 11.9. The van der Waals surface area contributed by atoms with Crippen LogP contribution in [0.3, 0.4) is 0 Å². The van der Waals surface area contributed by atoms with Crippen molar-refractivity contribution in [1.82, 2.24) is 5.43 Å². The van der Waals surface area contributed by atoms with Gasteiger partial charge in [0, 0.05) is 0 Å². The van der Waals surface area contributed by atoms with Crippen LogP contribution in [0.1, 0.15) is 27.8 Å². The van der Waals surface area contributed by atoms with Gasteiger partial charge in [-0.15, -0.1) is 0 Å². The highest BCUT2D eigenvalue weighted by molar-refractivity contribution is 5.82. The number of nitrogens with zero attached hydrogens (tertiary/aromatic N) is 1. The predicted molar refractivity (Wildman–Crippen MR) is 93.1 cm³/mol. The standard InChI is InChI=1S/C19H22N2O2/c1-13-5-7-17(8-6-13)11-20-21-19(22)12-23-18-10-14(2)9-15(3)16(18)4/h5-11H,12H2,1-4H3,(H,21,22)/b20-11+. The fourth-order valence-corrected chi connectivity index (χ4v) is 2.16. The molecule has 0 aromatic heterocycles. The van der Waals surface area contributed by atoms with Crippen LogP contribution < -0.4 is 10.2 Å². The van der Waals surface area contributed by atoms with E-state index in [1.165, 1.54) is 5.56 Å². The van der Waals surface area contributed by atoms with Gasteiger partial charge in [-0.05, 0) is 56.0 Å². The Balaban J connectivity index is 1.87. The highest BCUT2D eigenvalue weighted by Crippen LogP contribution is 2.23. The van der Waals surface area contributed by atoms with Gasteiger partial charge in [0.15, 0.2) is 6.61 Å². The van der Waals surface area contributed by atoms with Crippen molar-refractivity contribution in [2.24, 2.45) is 5.10 Å². The number of amides is 1. The number of ether oxygens (including phenoxy) is 1. The second-order valence-corrected chi connectivity index (χ2v) is 5.70. The molecule has 2 aromatic rings. The normalized spacial score (nSPS) is 10.8. The Morgan fingerprint density at radius 1 is 1.09 bits per heavy atom. The van der Waals surface area contributed by atoms with E-state index in [-0.39, 0.29) is 12.5 Å². The summed E-state index contributed by atoms with van der Waals surface area (Å²) in [4.78, 5) is 11.8. The Hall–Kier alpha value is -2.62. The first-order valence-corrected chi connectivity index (χ1v) is 7.55. The number of carbonyl (C=O) groups excluding carboxylic acids is 1. The van der Waals surface area contributed by atoms with Gasteiger partial charge in [-0.2, -0.15) is 5.10 Å². The summed E-state index contributed by atoms with van der Waals surface area (Å²) in [7, 11) is 0. The van der Waals surface area contributed by atoms with E-state index in [0.29, 0.717) is 0 Å². The van der Waals surface area contributed by atoms with Crippen LogP contribution in [0.15, 0.2) is 41.5 Å². The molecule has 23 heavy (non-hydrogen) atoms. The number of hydrazone groups is 1. The maximum atomic E-state index is 11.8. The molecule has 2 aromatic carbocycles. The number of nitrogens with one attached hydrogen (secondary N) is 1. The second kappa shape index (κ2) is 7.58. The summed E-state index contributed by atoms with van der Waals surface area (Å²) >= 11 is 0. The van der Waals surface area contributed by atoms with Gasteiger partial charge in [-0.3, -0.25) is 4.79 Å². The van der Waals surface area contributed by atoms with Crippen LogP contribution in [-0.4, -0.2) is 18.7 Å². The molecule has 0 atom stereocenters. The lowest BCUT2D eigenvalue weighted by atomic mass is 10.1. The minimum Gasteiger partial charge on any atom is -0.483 e.